The Morgan fingerprint density at radius 2 is 2.17 bits per heavy atom. The molecule has 0 bridgehead atoms. The van der Waals surface area contributed by atoms with Crippen molar-refractivity contribution in [2.75, 3.05) is 0 Å². The van der Waals surface area contributed by atoms with Crippen molar-refractivity contribution < 1.29 is 4.39 Å². The summed E-state index contributed by atoms with van der Waals surface area (Å²) in [6.45, 7) is 4.41. The summed E-state index contributed by atoms with van der Waals surface area (Å²) in [7, 11) is 0. The third-order valence-electron chi connectivity index (χ3n) is 3.42. The van der Waals surface area contributed by atoms with Crippen molar-refractivity contribution >= 4 is 34.7 Å². The van der Waals surface area contributed by atoms with Crippen LogP contribution in [-0.4, -0.2) is 14.8 Å². The zero-order valence-electron chi connectivity index (χ0n) is 12.8. The lowest BCUT2D eigenvalue weighted by atomic mass is 10.2. The molecule has 0 N–H and O–H groups in total. The molecule has 124 valence electrons. The Morgan fingerprint density at radius 3 is 2.88 bits per heavy atom. The van der Waals surface area contributed by atoms with Crippen molar-refractivity contribution in [1.29, 1.82) is 0 Å². The van der Waals surface area contributed by atoms with Crippen LogP contribution >= 0.6 is 34.7 Å². The van der Waals surface area contributed by atoms with E-state index in [2.05, 4.69) is 22.8 Å². The second-order valence-electron chi connectivity index (χ2n) is 5.04. The first-order chi connectivity index (χ1) is 11.7. The molecule has 3 nitrogen and oxygen atoms in total. The van der Waals surface area contributed by atoms with Gasteiger partial charge in [-0.05, 0) is 23.6 Å². The van der Waals surface area contributed by atoms with E-state index in [4.69, 9.17) is 11.6 Å². The summed E-state index contributed by atoms with van der Waals surface area (Å²) in [5.41, 5.74) is 0.483. The molecule has 2 heterocycles. The minimum absolute atomic E-state index is 0.302. The topological polar surface area (TPSA) is 30.7 Å². The predicted octanol–water partition coefficient (Wildman–Crippen LogP) is 5.20. The Hall–Kier alpha value is -1.63. The number of hydrogen-bond acceptors (Lipinski definition) is 4. The van der Waals surface area contributed by atoms with Gasteiger partial charge in [-0.3, -0.25) is 0 Å². The van der Waals surface area contributed by atoms with Crippen LogP contribution in [0, 0.1) is 5.82 Å². The van der Waals surface area contributed by atoms with Crippen LogP contribution in [0.2, 0.25) is 5.02 Å². The molecule has 7 heteroatoms. The fraction of sp³-hybridized carbons (Fsp3) is 0.176. The van der Waals surface area contributed by atoms with Gasteiger partial charge in [0.25, 0.3) is 0 Å². The number of aromatic nitrogens is 3. The summed E-state index contributed by atoms with van der Waals surface area (Å²) < 4.78 is 15.9. The quantitative estimate of drug-likeness (QED) is 0.417. The van der Waals surface area contributed by atoms with E-state index >= 15 is 0 Å². The van der Waals surface area contributed by atoms with Gasteiger partial charge in [0.15, 0.2) is 5.16 Å². The van der Waals surface area contributed by atoms with Crippen LogP contribution in [0.5, 0.6) is 0 Å². The summed E-state index contributed by atoms with van der Waals surface area (Å²) in [6.07, 6.45) is 2.53. The number of allylic oxidation sites excluding steroid dienone is 1. The second-order valence-corrected chi connectivity index (χ2v) is 7.43. The Kier molecular flexibility index (Phi) is 5.71. The maximum Gasteiger partial charge on any atom is 0.191 e. The first-order valence-corrected chi connectivity index (χ1v) is 9.54. The highest BCUT2D eigenvalue weighted by atomic mass is 35.5. The van der Waals surface area contributed by atoms with Gasteiger partial charge in [0.1, 0.15) is 11.6 Å². The van der Waals surface area contributed by atoms with E-state index < -0.39 is 0 Å². The summed E-state index contributed by atoms with van der Waals surface area (Å²) in [5, 5.41) is 11.8. The van der Waals surface area contributed by atoms with Crippen molar-refractivity contribution in [2.45, 2.75) is 23.9 Å². The zero-order chi connectivity index (χ0) is 16.9. The van der Waals surface area contributed by atoms with Crippen LogP contribution in [0.15, 0.2) is 53.5 Å². The predicted molar refractivity (Wildman–Crippen MR) is 98.3 cm³/mol. The Bertz CT molecular complexity index is 810. The molecule has 0 aliphatic carbocycles. The molecular formula is C17H15ClFN3S2. The van der Waals surface area contributed by atoms with Gasteiger partial charge in [-0.25, -0.2) is 4.39 Å². The van der Waals surface area contributed by atoms with Crippen LogP contribution < -0.4 is 0 Å². The maximum atomic E-state index is 13.9. The highest BCUT2D eigenvalue weighted by molar-refractivity contribution is 7.98. The van der Waals surface area contributed by atoms with Crippen molar-refractivity contribution in [3.8, 4) is 0 Å². The van der Waals surface area contributed by atoms with E-state index in [1.165, 1.54) is 22.7 Å². The van der Waals surface area contributed by atoms with E-state index in [9.17, 15) is 4.39 Å². The molecule has 0 saturated carbocycles. The molecule has 1 aromatic carbocycles. The van der Waals surface area contributed by atoms with Gasteiger partial charge < -0.3 is 4.57 Å². The second kappa shape index (κ2) is 7.96. The van der Waals surface area contributed by atoms with Gasteiger partial charge in [0.2, 0.25) is 0 Å². The molecule has 2 aromatic heterocycles. The molecule has 0 aliphatic heterocycles. The molecule has 0 unspecified atom stereocenters. The summed E-state index contributed by atoms with van der Waals surface area (Å²) in [4.78, 5) is 1.22. The standard InChI is InChI=1S/C17H15ClFN3S2/c1-2-8-22-16(10-12-5-4-9-23-12)20-21-17(22)24-11-13-14(18)6-3-7-15(13)19/h2-7,9H,1,8,10-11H2. The Balaban J connectivity index is 1.80. The van der Waals surface area contributed by atoms with Crippen LogP contribution in [0.3, 0.4) is 0 Å². The SMILES string of the molecule is C=CCn1c(Cc2cccs2)nnc1SCc1c(F)cccc1Cl. The third kappa shape index (κ3) is 3.88. The molecule has 0 fully saturated rings. The summed E-state index contributed by atoms with van der Waals surface area (Å²) >= 11 is 9.20. The van der Waals surface area contributed by atoms with E-state index in [1.54, 1.807) is 29.5 Å². The molecule has 0 saturated heterocycles. The zero-order valence-corrected chi connectivity index (χ0v) is 15.2. The smallest absolute Gasteiger partial charge is 0.191 e. The average molecular weight is 380 g/mol. The van der Waals surface area contributed by atoms with Gasteiger partial charge in [-0.1, -0.05) is 41.6 Å². The monoisotopic (exact) mass is 379 g/mol. The molecule has 0 atom stereocenters. The Labute approximate surface area is 153 Å². The fourth-order valence-electron chi connectivity index (χ4n) is 2.24. The molecule has 0 amide bonds. The molecule has 3 aromatic rings. The number of benzene rings is 1. The van der Waals surface area contributed by atoms with Crippen molar-refractivity contribution in [2.24, 2.45) is 0 Å². The minimum atomic E-state index is -0.302. The average Bonchev–Trinajstić information content (AvgIpc) is 3.19. The van der Waals surface area contributed by atoms with E-state index in [-0.39, 0.29) is 5.82 Å². The number of thiophene rings is 1. The number of nitrogens with zero attached hydrogens (tertiary/aromatic N) is 3. The van der Waals surface area contributed by atoms with Gasteiger partial charge in [-0.15, -0.1) is 28.1 Å². The molecule has 0 spiro atoms. The highest BCUT2D eigenvalue weighted by Gasteiger charge is 2.15. The van der Waals surface area contributed by atoms with E-state index in [0.29, 0.717) is 22.9 Å². The third-order valence-corrected chi connectivity index (χ3v) is 5.65. The first kappa shape index (κ1) is 17.2. The first-order valence-electron chi connectivity index (χ1n) is 7.30. The van der Waals surface area contributed by atoms with Crippen molar-refractivity contribution in [3.05, 3.63) is 75.5 Å². The lowest BCUT2D eigenvalue weighted by molar-refractivity contribution is 0.617. The summed E-state index contributed by atoms with van der Waals surface area (Å²) in [6, 6.07) is 8.80. The lowest BCUT2D eigenvalue weighted by Gasteiger charge is -2.08. The fourth-order valence-corrected chi connectivity index (χ4v) is 4.26. The molecule has 0 aliphatic rings. The maximum absolute atomic E-state index is 13.9. The largest absolute Gasteiger partial charge is 0.302 e. The molecule has 3 rings (SSSR count). The number of thioether (sulfide) groups is 1. The van der Waals surface area contributed by atoms with Gasteiger partial charge >= 0.3 is 0 Å². The minimum Gasteiger partial charge on any atom is -0.302 e. The molecular weight excluding hydrogens is 365 g/mol. The van der Waals surface area contributed by atoms with Crippen LogP contribution in [0.1, 0.15) is 16.3 Å². The van der Waals surface area contributed by atoms with Gasteiger partial charge in [0.05, 0.1) is 0 Å². The number of rotatable bonds is 7. The molecule has 24 heavy (non-hydrogen) atoms. The number of hydrogen-bond donors (Lipinski definition) is 0. The van der Waals surface area contributed by atoms with Crippen LogP contribution in [0.25, 0.3) is 0 Å². The van der Waals surface area contributed by atoms with Crippen LogP contribution in [-0.2, 0) is 18.7 Å². The summed E-state index contributed by atoms with van der Waals surface area (Å²) in [5.74, 6) is 0.975. The van der Waals surface area contributed by atoms with Gasteiger partial charge in [0, 0.05) is 34.2 Å². The lowest BCUT2D eigenvalue weighted by Crippen LogP contribution is -2.04. The number of halogens is 2. The highest BCUT2D eigenvalue weighted by Crippen LogP contribution is 2.28. The normalized spacial score (nSPS) is 10.9. The Morgan fingerprint density at radius 1 is 1.29 bits per heavy atom. The molecule has 0 radical (unpaired) electrons. The van der Waals surface area contributed by atoms with E-state index in [1.807, 2.05) is 16.0 Å². The van der Waals surface area contributed by atoms with Crippen molar-refractivity contribution in [1.82, 2.24) is 14.8 Å². The van der Waals surface area contributed by atoms with E-state index in [0.717, 1.165) is 17.4 Å². The van der Waals surface area contributed by atoms with Crippen LogP contribution in [0.4, 0.5) is 4.39 Å². The van der Waals surface area contributed by atoms with Crippen molar-refractivity contribution in [3.63, 3.8) is 0 Å². The van der Waals surface area contributed by atoms with Gasteiger partial charge in [-0.2, -0.15) is 0 Å².